The smallest absolute Gasteiger partial charge is 0.237 e. The average molecular weight is 261 g/mol. The predicted octanol–water partition coefficient (Wildman–Crippen LogP) is 0.0810. The number of fused-ring (bicyclic) bond motifs is 1. The molecule has 0 fully saturated rings. The van der Waals surface area contributed by atoms with Crippen LogP contribution in [0.5, 0.6) is 0 Å². The molecule has 1 aliphatic rings. The van der Waals surface area contributed by atoms with Gasteiger partial charge in [0.25, 0.3) is 0 Å². The zero-order chi connectivity index (χ0) is 13.8. The third-order valence-electron chi connectivity index (χ3n) is 3.29. The van der Waals surface area contributed by atoms with Crippen LogP contribution in [-0.4, -0.2) is 23.9 Å². The number of amides is 2. The molecule has 1 aromatic carbocycles. The monoisotopic (exact) mass is 261 g/mol. The van der Waals surface area contributed by atoms with Crippen LogP contribution in [0.3, 0.4) is 0 Å². The van der Waals surface area contributed by atoms with Crippen molar-refractivity contribution in [3.05, 3.63) is 35.4 Å². The van der Waals surface area contributed by atoms with E-state index in [0.717, 1.165) is 0 Å². The molecular formula is C14H19N3O2. The number of rotatable bonds is 4. The lowest BCUT2D eigenvalue weighted by Crippen LogP contribution is -2.50. The summed E-state index contributed by atoms with van der Waals surface area (Å²) in [6.07, 6.45) is 0.834. The molecule has 5 heteroatoms. The second-order valence-electron chi connectivity index (χ2n) is 4.99. The molecule has 1 aliphatic heterocycles. The molecular weight excluding hydrogens is 242 g/mol. The van der Waals surface area contributed by atoms with Crippen molar-refractivity contribution in [1.82, 2.24) is 10.6 Å². The highest BCUT2D eigenvalue weighted by molar-refractivity contribution is 5.83. The fourth-order valence-corrected chi connectivity index (χ4v) is 2.34. The van der Waals surface area contributed by atoms with Gasteiger partial charge in [0.2, 0.25) is 11.8 Å². The highest BCUT2D eigenvalue weighted by Gasteiger charge is 2.24. The summed E-state index contributed by atoms with van der Waals surface area (Å²) in [5.74, 6) is -0.488. The Morgan fingerprint density at radius 1 is 1.42 bits per heavy atom. The minimum absolute atomic E-state index is 0.0803. The summed E-state index contributed by atoms with van der Waals surface area (Å²) in [5.41, 5.74) is 7.54. The normalized spacial score (nSPS) is 19.3. The van der Waals surface area contributed by atoms with Crippen molar-refractivity contribution in [3.8, 4) is 0 Å². The van der Waals surface area contributed by atoms with Crippen LogP contribution in [0.15, 0.2) is 24.3 Å². The van der Waals surface area contributed by atoms with Gasteiger partial charge in [-0.3, -0.25) is 9.59 Å². The lowest BCUT2D eigenvalue weighted by Gasteiger charge is -2.26. The fourth-order valence-electron chi connectivity index (χ4n) is 2.34. The summed E-state index contributed by atoms with van der Waals surface area (Å²) in [7, 11) is 0. The number of benzene rings is 1. The summed E-state index contributed by atoms with van der Waals surface area (Å²) in [6.45, 7) is 2.47. The lowest BCUT2D eigenvalue weighted by molar-refractivity contribution is -0.124. The third-order valence-corrected chi connectivity index (χ3v) is 3.29. The van der Waals surface area contributed by atoms with Gasteiger partial charge in [0.05, 0.1) is 6.04 Å². The van der Waals surface area contributed by atoms with Crippen LogP contribution in [-0.2, 0) is 22.6 Å². The number of nitrogens with one attached hydrogen (secondary N) is 2. The first-order chi connectivity index (χ1) is 9.06. The van der Waals surface area contributed by atoms with Gasteiger partial charge < -0.3 is 16.4 Å². The molecule has 4 N–H and O–H groups in total. The number of hydrogen-bond acceptors (Lipinski definition) is 3. The van der Waals surface area contributed by atoms with E-state index in [1.807, 2.05) is 18.2 Å². The molecule has 2 atom stereocenters. The maximum absolute atomic E-state index is 12.1. The van der Waals surface area contributed by atoms with E-state index in [0.29, 0.717) is 13.0 Å². The molecule has 0 saturated heterocycles. The van der Waals surface area contributed by atoms with Crippen molar-refractivity contribution in [1.29, 1.82) is 0 Å². The van der Waals surface area contributed by atoms with Crippen LogP contribution in [0.2, 0.25) is 0 Å². The van der Waals surface area contributed by atoms with Crippen LogP contribution in [0, 0.1) is 0 Å². The number of carbonyl (C=O) groups is 2. The maximum Gasteiger partial charge on any atom is 0.237 e. The number of nitrogens with two attached hydrogens (primary N) is 1. The fraction of sp³-hybridized carbons (Fsp3) is 0.429. The Hall–Kier alpha value is -1.88. The topological polar surface area (TPSA) is 84.2 Å². The van der Waals surface area contributed by atoms with E-state index in [4.69, 9.17) is 5.73 Å². The molecule has 1 aromatic rings. The van der Waals surface area contributed by atoms with Gasteiger partial charge in [0, 0.05) is 19.0 Å². The van der Waals surface area contributed by atoms with E-state index in [1.165, 1.54) is 11.1 Å². The van der Waals surface area contributed by atoms with Crippen molar-refractivity contribution in [3.63, 3.8) is 0 Å². The molecule has 5 nitrogen and oxygen atoms in total. The first-order valence-electron chi connectivity index (χ1n) is 6.45. The molecule has 0 aliphatic carbocycles. The molecule has 1 heterocycles. The first kappa shape index (κ1) is 13.5. The molecule has 2 unspecified atom stereocenters. The van der Waals surface area contributed by atoms with Gasteiger partial charge in [-0.2, -0.15) is 0 Å². The molecule has 19 heavy (non-hydrogen) atoms. The highest BCUT2D eigenvalue weighted by Crippen LogP contribution is 2.16. The van der Waals surface area contributed by atoms with Gasteiger partial charge in [-0.1, -0.05) is 24.3 Å². The van der Waals surface area contributed by atoms with E-state index >= 15 is 0 Å². The van der Waals surface area contributed by atoms with Gasteiger partial charge in [-0.05, 0) is 24.5 Å². The van der Waals surface area contributed by atoms with Crippen molar-refractivity contribution < 1.29 is 9.59 Å². The minimum Gasteiger partial charge on any atom is -0.370 e. The third kappa shape index (κ3) is 3.54. The number of primary amides is 1. The van der Waals surface area contributed by atoms with Crippen LogP contribution >= 0.6 is 0 Å². The van der Waals surface area contributed by atoms with Gasteiger partial charge in [-0.25, -0.2) is 0 Å². The molecule has 102 valence electrons. The predicted molar refractivity (Wildman–Crippen MR) is 72.2 cm³/mol. The number of carbonyl (C=O) groups excluding carboxylic acids is 2. The van der Waals surface area contributed by atoms with Gasteiger partial charge >= 0.3 is 0 Å². The Kier molecular flexibility index (Phi) is 4.16. The van der Waals surface area contributed by atoms with Gasteiger partial charge in [-0.15, -0.1) is 0 Å². The lowest BCUT2D eigenvalue weighted by atomic mass is 9.95. The quantitative estimate of drug-likeness (QED) is 0.717. The summed E-state index contributed by atoms with van der Waals surface area (Å²) >= 11 is 0. The average Bonchev–Trinajstić information content (AvgIpc) is 2.37. The molecule has 2 amide bonds. The largest absolute Gasteiger partial charge is 0.370 e. The molecule has 2 rings (SSSR count). The summed E-state index contributed by atoms with van der Waals surface area (Å²) in [4.78, 5) is 22.9. The second-order valence-corrected chi connectivity index (χ2v) is 4.99. The van der Waals surface area contributed by atoms with E-state index in [2.05, 4.69) is 16.7 Å². The highest BCUT2D eigenvalue weighted by atomic mass is 16.2. The first-order valence-corrected chi connectivity index (χ1v) is 6.45. The van der Waals surface area contributed by atoms with E-state index < -0.39 is 5.91 Å². The Bertz CT molecular complexity index is 487. The maximum atomic E-state index is 12.1. The molecule has 0 spiro atoms. The van der Waals surface area contributed by atoms with E-state index in [-0.39, 0.29) is 24.4 Å². The Morgan fingerprint density at radius 3 is 2.79 bits per heavy atom. The zero-order valence-electron chi connectivity index (χ0n) is 11.0. The SMILES string of the molecule is CC(CC(N)=O)NC(=O)C1Cc2ccccc2CN1. The Balaban J connectivity index is 1.93. The van der Waals surface area contributed by atoms with Gasteiger partial charge in [0.15, 0.2) is 0 Å². The zero-order valence-corrected chi connectivity index (χ0v) is 11.0. The van der Waals surface area contributed by atoms with Crippen LogP contribution < -0.4 is 16.4 Å². The van der Waals surface area contributed by atoms with Crippen molar-refractivity contribution in [2.75, 3.05) is 0 Å². The van der Waals surface area contributed by atoms with Crippen LogP contribution in [0.25, 0.3) is 0 Å². The number of hydrogen-bond donors (Lipinski definition) is 3. The van der Waals surface area contributed by atoms with Crippen molar-refractivity contribution >= 4 is 11.8 Å². The standard InChI is InChI=1S/C14H19N3O2/c1-9(6-13(15)18)17-14(19)12-7-10-4-2-3-5-11(10)8-16-12/h2-5,9,12,16H,6-8H2,1H3,(H2,15,18)(H,17,19). The Labute approximate surface area is 112 Å². The molecule has 0 bridgehead atoms. The molecule has 0 radical (unpaired) electrons. The second kappa shape index (κ2) is 5.84. The van der Waals surface area contributed by atoms with Gasteiger partial charge in [0.1, 0.15) is 0 Å². The van der Waals surface area contributed by atoms with E-state index in [1.54, 1.807) is 6.92 Å². The summed E-state index contributed by atoms with van der Waals surface area (Å²) < 4.78 is 0. The van der Waals surface area contributed by atoms with Crippen molar-refractivity contribution in [2.45, 2.75) is 38.4 Å². The van der Waals surface area contributed by atoms with Crippen LogP contribution in [0.4, 0.5) is 0 Å². The van der Waals surface area contributed by atoms with Crippen molar-refractivity contribution in [2.24, 2.45) is 5.73 Å². The molecule has 0 aromatic heterocycles. The summed E-state index contributed by atoms with van der Waals surface area (Å²) in [5, 5.41) is 6.01. The minimum atomic E-state index is -0.408. The Morgan fingerprint density at radius 2 is 2.11 bits per heavy atom. The summed E-state index contributed by atoms with van der Waals surface area (Å²) in [6, 6.07) is 7.61. The van der Waals surface area contributed by atoms with Crippen LogP contribution in [0.1, 0.15) is 24.5 Å². The molecule has 0 saturated carbocycles. The van der Waals surface area contributed by atoms with E-state index in [9.17, 15) is 9.59 Å².